The number of furan rings is 1. The van der Waals surface area contributed by atoms with Gasteiger partial charge in [0.25, 0.3) is 0 Å². The zero-order valence-electron chi connectivity index (χ0n) is 10.6. The van der Waals surface area contributed by atoms with Gasteiger partial charge in [-0.15, -0.1) is 0 Å². The summed E-state index contributed by atoms with van der Waals surface area (Å²) in [4.78, 5) is 22.0. The summed E-state index contributed by atoms with van der Waals surface area (Å²) in [7, 11) is -5.33. The van der Waals surface area contributed by atoms with Crippen LogP contribution in [0.3, 0.4) is 0 Å². The van der Waals surface area contributed by atoms with Crippen molar-refractivity contribution in [3.05, 3.63) is 23.7 Å². The third-order valence-electron chi connectivity index (χ3n) is 1.86. The summed E-state index contributed by atoms with van der Waals surface area (Å²) in [5.74, 6) is 0.543. The molecule has 0 fully saturated rings. The van der Waals surface area contributed by atoms with Gasteiger partial charge in [-0.25, -0.2) is 9.59 Å². The largest absolute Gasteiger partial charge is 0.459 e. The van der Waals surface area contributed by atoms with Crippen molar-refractivity contribution in [1.82, 2.24) is 10.2 Å². The second-order valence-corrected chi connectivity index (χ2v) is 5.46. The minimum atomic E-state index is -2.66. The maximum absolute atomic E-state index is 11.0. The van der Waals surface area contributed by atoms with Gasteiger partial charge in [0.05, 0.1) is 0 Å². The summed E-state index contributed by atoms with van der Waals surface area (Å²) in [6, 6.07) is 2.97. The van der Waals surface area contributed by atoms with Crippen LogP contribution < -0.4 is 21.2 Å². The number of nitrogens with one attached hydrogen (secondary N) is 2. The molecule has 0 aliphatic rings. The average molecular weight is 340 g/mol. The Balaban J connectivity index is 2.36. The maximum atomic E-state index is 11.0. The summed E-state index contributed by atoms with van der Waals surface area (Å²) >= 11 is 0. The van der Waals surface area contributed by atoms with Gasteiger partial charge in [0.2, 0.25) is 16.2 Å². The molecule has 0 radical (unpaired) electrons. The summed E-state index contributed by atoms with van der Waals surface area (Å²) < 4.78 is 35.6. The molecule has 1 heterocycles. The van der Waals surface area contributed by atoms with Crippen LogP contribution in [0.5, 0.6) is 0 Å². The van der Waals surface area contributed by atoms with Gasteiger partial charge < -0.3 is 13.9 Å². The Morgan fingerprint density at radius 1 is 1.00 bits per heavy atom. The second-order valence-electron chi connectivity index (χ2n) is 3.50. The second kappa shape index (κ2) is 8.48. The Morgan fingerprint density at radius 3 is 1.71 bits per heavy atom. The molecule has 0 aromatic carbocycles. The summed E-state index contributed by atoms with van der Waals surface area (Å²) in [6.07, 6.45) is -1.88. The molecule has 2 amide bonds. The smallest absolute Gasteiger partial charge is 0.413 e. The van der Waals surface area contributed by atoms with Crippen molar-refractivity contribution >= 4 is 28.4 Å². The zero-order chi connectivity index (χ0) is 15.8. The van der Waals surface area contributed by atoms with Crippen molar-refractivity contribution in [2.75, 3.05) is 0 Å². The molecule has 1 aromatic rings. The van der Waals surface area contributed by atoms with E-state index < -0.39 is 28.4 Å². The minimum Gasteiger partial charge on any atom is -0.459 e. The van der Waals surface area contributed by atoms with Crippen LogP contribution in [0.1, 0.15) is 11.5 Å². The molecule has 21 heavy (non-hydrogen) atoms. The van der Waals surface area contributed by atoms with Gasteiger partial charge in [0.15, 0.2) is 13.2 Å². The molecule has 13 heteroatoms. The predicted molar refractivity (Wildman–Crippen MR) is 71.7 cm³/mol. The van der Waals surface area contributed by atoms with Gasteiger partial charge >= 0.3 is 12.2 Å². The van der Waals surface area contributed by atoms with Crippen molar-refractivity contribution in [1.29, 1.82) is 0 Å². The van der Waals surface area contributed by atoms with E-state index in [0.717, 1.165) is 0 Å². The first kappa shape index (κ1) is 17.3. The summed E-state index contributed by atoms with van der Waals surface area (Å²) in [5.41, 5.74) is 9.79. The number of rotatable bonds is 6. The molecule has 2 unspecified atom stereocenters. The van der Waals surface area contributed by atoms with Crippen LogP contribution in [0, 0.1) is 0 Å². The van der Waals surface area contributed by atoms with E-state index in [1.807, 2.05) is 10.2 Å². The van der Waals surface area contributed by atoms with Gasteiger partial charge in [0, 0.05) is 0 Å². The molecule has 6 N–H and O–H groups in total. The van der Waals surface area contributed by atoms with Gasteiger partial charge in [-0.2, -0.15) is 0 Å². The van der Waals surface area contributed by atoms with E-state index in [0.29, 0.717) is 0 Å². The predicted octanol–water partition coefficient (Wildman–Crippen LogP) is 0.429. The van der Waals surface area contributed by atoms with E-state index in [2.05, 4.69) is 9.47 Å². The Hall–Kier alpha value is -1.80. The maximum Gasteiger partial charge on any atom is 0.413 e. The highest BCUT2D eigenvalue weighted by atomic mass is 31.1. The topological polar surface area (TPSA) is 176 Å². The molecule has 0 aliphatic carbocycles. The van der Waals surface area contributed by atoms with E-state index in [-0.39, 0.29) is 24.7 Å². The van der Waals surface area contributed by atoms with Crippen LogP contribution >= 0.6 is 16.2 Å². The van der Waals surface area contributed by atoms with Gasteiger partial charge in [0.1, 0.15) is 11.5 Å². The molecule has 2 atom stereocenters. The van der Waals surface area contributed by atoms with Crippen LogP contribution in [0.4, 0.5) is 9.59 Å². The minimum absolute atomic E-state index is 0.219. The number of ether oxygens (including phenoxy) is 2. The standard InChI is InChI=1S/C8H14N4O7P2/c9-20(15)11-7(13)17-3-5-1-2-6(19-5)4-18-8(14)12-21(10)16/h1-2,20-21H,3-4H2,(H3,9,11,13,15)(H3,10,12,14,16). The normalized spacial score (nSPS) is 13.0. The summed E-state index contributed by atoms with van der Waals surface area (Å²) in [6.45, 7) is -0.437. The van der Waals surface area contributed by atoms with Gasteiger partial charge in [-0.05, 0) is 12.1 Å². The molecule has 0 aliphatic heterocycles. The molecule has 118 valence electrons. The lowest BCUT2D eigenvalue weighted by atomic mass is 10.4. The fourth-order valence-electron chi connectivity index (χ4n) is 1.12. The fourth-order valence-corrected chi connectivity index (χ4v) is 1.67. The third-order valence-corrected chi connectivity index (χ3v) is 2.76. The van der Waals surface area contributed by atoms with Crippen LogP contribution in [0.25, 0.3) is 0 Å². The zero-order valence-corrected chi connectivity index (χ0v) is 12.6. The number of hydrogen-bond donors (Lipinski definition) is 4. The van der Waals surface area contributed by atoms with E-state index in [1.165, 1.54) is 12.1 Å². The molecular weight excluding hydrogens is 326 g/mol. The Kier molecular flexibility index (Phi) is 6.97. The SMILES string of the molecule is N[PH](=O)NC(=O)OCc1ccc(COC(=O)N[PH](N)=O)o1. The van der Waals surface area contributed by atoms with Crippen molar-refractivity contribution in [3.8, 4) is 0 Å². The van der Waals surface area contributed by atoms with E-state index in [9.17, 15) is 18.7 Å². The first-order valence-electron chi connectivity index (χ1n) is 5.41. The molecular formula is C8H14N4O7P2. The number of hydrogen-bond acceptors (Lipinski definition) is 7. The molecule has 0 bridgehead atoms. The number of nitrogens with two attached hydrogens (primary N) is 2. The lowest BCUT2D eigenvalue weighted by Gasteiger charge is -2.03. The van der Waals surface area contributed by atoms with Crippen LogP contribution in [0.15, 0.2) is 16.5 Å². The lowest BCUT2D eigenvalue weighted by Crippen LogP contribution is -2.19. The summed E-state index contributed by atoms with van der Waals surface area (Å²) in [5, 5.41) is 3.77. The monoisotopic (exact) mass is 340 g/mol. The van der Waals surface area contributed by atoms with E-state index in [4.69, 9.17) is 15.4 Å². The molecule has 0 saturated carbocycles. The molecule has 1 rings (SSSR count). The highest BCUT2D eigenvalue weighted by molar-refractivity contribution is 7.40. The van der Waals surface area contributed by atoms with Gasteiger partial charge in [-0.1, -0.05) is 0 Å². The Bertz CT molecular complexity index is 514. The highest BCUT2D eigenvalue weighted by Crippen LogP contribution is 2.11. The molecule has 11 nitrogen and oxygen atoms in total. The first-order valence-corrected chi connectivity index (χ1v) is 8.38. The quantitative estimate of drug-likeness (QED) is 0.535. The molecule has 1 aromatic heterocycles. The highest BCUT2D eigenvalue weighted by Gasteiger charge is 2.09. The van der Waals surface area contributed by atoms with Crippen LogP contribution in [-0.4, -0.2) is 12.2 Å². The lowest BCUT2D eigenvalue weighted by molar-refractivity contribution is 0.127. The van der Waals surface area contributed by atoms with E-state index >= 15 is 0 Å². The molecule has 0 saturated heterocycles. The van der Waals surface area contributed by atoms with Gasteiger partial charge in [-0.3, -0.25) is 30.3 Å². The van der Waals surface area contributed by atoms with E-state index in [1.54, 1.807) is 0 Å². The Labute approximate surface area is 120 Å². The Morgan fingerprint density at radius 2 is 1.38 bits per heavy atom. The first-order chi connectivity index (χ1) is 9.86. The number of carbonyl (C=O) groups is 2. The molecule has 0 spiro atoms. The van der Waals surface area contributed by atoms with Crippen LogP contribution in [0.2, 0.25) is 0 Å². The third kappa shape index (κ3) is 7.52. The average Bonchev–Trinajstić information content (AvgIpc) is 2.80. The van der Waals surface area contributed by atoms with Crippen molar-refractivity contribution in [2.24, 2.45) is 11.0 Å². The van der Waals surface area contributed by atoms with Crippen molar-refractivity contribution < 1.29 is 32.6 Å². The van der Waals surface area contributed by atoms with Crippen molar-refractivity contribution in [2.45, 2.75) is 13.2 Å². The number of carbonyl (C=O) groups excluding carboxylic acids is 2. The fraction of sp³-hybridized carbons (Fsp3) is 0.250. The van der Waals surface area contributed by atoms with Crippen LogP contribution in [-0.2, 0) is 31.8 Å². The van der Waals surface area contributed by atoms with Crippen molar-refractivity contribution in [3.63, 3.8) is 0 Å². The number of amides is 2.